The molecule has 4 nitrogen and oxygen atoms in total. The Hall–Kier alpha value is -0.430. The molecule has 0 unspecified atom stereocenters. The largest absolute Gasteiger partial charge is 0.379 e. The summed E-state index contributed by atoms with van der Waals surface area (Å²) in [7, 11) is -3.30. The summed E-state index contributed by atoms with van der Waals surface area (Å²) in [5, 5.41) is 1.72. The Bertz CT molecular complexity index is 379. The Morgan fingerprint density at radius 1 is 1.43 bits per heavy atom. The van der Waals surface area contributed by atoms with E-state index in [0.29, 0.717) is 30.5 Å². The van der Waals surface area contributed by atoms with Crippen molar-refractivity contribution in [2.24, 2.45) is 0 Å². The minimum Gasteiger partial charge on any atom is -0.379 e. The fourth-order valence-electron chi connectivity index (χ4n) is 1.27. The van der Waals surface area contributed by atoms with Gasteiger partial charge in [-0.1, -0.05) is 0 Å². The summed E-state index contributed by atoms with van der Waals surface area (Å²) >= 11 is 1.20. The third-order valence-electron chi connectivity index (χ3n) is 1.99. The summed E-state index contributed by atoms with van der Waals surface area (Å²) in [6.07, 6.45) is 0. The number of rotatable bonds is 2. The minimum atomic E-state index is -3.30. The molecule has 1 aromatic heterocycles. The molecule has 1 aliphatic rings. The van der Waals surface area contributed by atoms with Crippen molar-refractivity contribution >= 4 is 21.4 Å². The molecule has 0 aliphatic carbocycles. The molecule has 1 fully saturated rings. The maximum absolute atomic E-state index is 11.9. The van der Waals surface area contributed by atoms with Crippen molar-refractivity contribution in [2.75, 3.05) is 26.3 Å². The zero-order chi connectivity index (χ0) is 10.0. The lowest BCUT2D eigenvalue weighted by molar-refractivity contribution is 0.0731. The van der Waals surface area contributed by atoms with Crippen LogP contribution in [0, 0.1) is 6.07 Å². The first kappa shape index (κ1) is 10.1. The third kappa shape index (κ3) is 1.83. The zero-order valence-electron chi connectivity index (χ0n) is 7.47. The minimum absolute atomic E-state index is 0.291. The van der Waals surface area contributed by atoms with Gasteiger partial charge in [-0.05, 0) is 11.4 Å². The van der Waals surface area contributed by atoms with Gasteiger partial charge in [-0.2, -0.15) is 4.31 Å². The second-order valence-electron chi connectivity index (χ2n) is 2.87. The highest BCUT2D eigenvalue weighted by molar-refractivity contribution is 7.91. The average Bonchev–Trinajstić information content (AvgIpc) is 2.72. The van der Waals surface area contributed by atoms with Gasteiger partial charge in [0.15, 0.2) is 0 Å². The van der Waals surface area contributed by atoms with Crippen molar-refractivity contribution in [3.63, 3.8) is 0 Å². The smallest absolute Gasteiger partial charge is 0.253 e. The molecule has 1 aromatic rings. The molecule has 1 radical (unpaired) electrons. The highest BCUT2D eigenvalue weighted by Crippen LogP contribution is 2.20. The maximum atomic E-state index is 11.9. The van der Waals surface area contributed by atoms with Crippen LogP contribution in [0.3, 0.4) is 0 Å². The summed E-state index contributed by atoms with van der Waals surface area (Å²) in [4.78, 5) is 0. The van der Waals surface area contributed by atoms with E-state index in [9.17, 15) is 8.42 Å². The SMILES string of the molecule is O=S(=O)(c1[c]ccs1)N1CCOCC1. The van der Waals surface area contributed by atoms with Gasteiger partial charge in [-0.15, -0.1) is 11.3 Å². The first-order valence-corrected chi connectivity index (χ1v) is 6.56. The van der Waals surface area contributed by atoms with Crippen LogP contribution in [-0.2, 0) is 14.8 Å². The van der Waals surface area contributed by atoms with Crippen LogP contribution in [0.4, 0.5) is 0 Å². The van der Waals surface area contributed by atoms with Gasteiger partial charge in [-0.25, -0.2) is 8.42 Å². The monoisotopic (exact) mass is 232 g/mol. The highest BCUT2D eigenvalue weighted by atomic mass is 32.2. The van der Waals surface area contributed by atoms with Crippen LogP contribution in [0.15, 0.2) is 15.7 Å². The van der Waals surface area contributed by atoms with Gasteiger partial charge >= 0.3 is 0 Å². The van der Waals surface area contributed by atoms with Gasteiger partial charge in [0.25, 0.3) is 10.0 Å². The van der Waals surface area contributed by atoms with Crippen molar-refractivity contribution < 1.29 is 13.2 Å². The fraction of sp³-hybridized carbons (Fsp3) is 0.500. The Morgan fingerprint density at radius 3 is 2.71 bits per heavy atom. The summed E-state index contributed by atoms with van der Waals surface area (Å²) < 4.78 is 30.6. The number of morpholine rings is 1. The second-order valence-corrected chi connectivity index (χ2v) is 5.92. The van der Waals surface area contributed by atoms with Crippen molar-refractivity contribution in [2.45, 2.75) is 4.21 Å². The number of hydrogen-bond acceptors (Lipinski definition) is 4. The lowest BCUT2D eigenvalue weighted by Crippen LogP contribution is -2.40. The van der Waals surface area contributed by atoms with Gasteiger partial charge in [0, 0.05) is 19.2 Å². The molecule has 0 bridgehead atoms. The fourth-order valence-corrected chi connectivity index (χ4v) is 3.72. The van der Waals surface area contributed by atoms with E-state index in [0.717, 1.165) is 0 Å². The topological polar surface area (TPSA) is 46.6 Å². The number of hydrogen-bond donors (Lipinski definition) is 0. The highest BCUT2D eigenvalue weighted by Gasteiger charge is 2.26. The number of nitrogens with zero attached hydrogens (tertiary/aromatic N) is 1. The Labute approximate surface area is 87.2 Å². The predicted octanol–water partition coefficient (Wildman–Crippen LogP) is 0.569. The predicted molar refractivity (Wildman–Crippen MR) is 52.7 cm³/mol. The molecule has 0 atom stereocenters. The number of ether oxygens (including phenoxy) is 1. The Kier molecular flexibility index (Phi) is 2.87. The van der Waals surface area contributed by atoms with E-state index in [2.05, 4.69) is 6.07 Å². The van der Waals surface area contributed by atoms with Gasteiger partial charge in [0.1, 0.15) is 4.21 Å². The summed E-state index contributed by atoms with van der Waals surface area (Å²) in [5.41, 5.74) is 0. The van der Waals surface area contributed by atoms with Crippen LogP contribution in [0.5, 0.6) is 0 Å². The van der Waals surface area contributed by atoms with Gasteiger partial charge in [0.05, 0.1) is 13.2 Å². The van der Waals surface area contributed by atoms with Crippen molar-refractivity contribution in [3.05, 3.63) is 17.5 Å². The zero-order valence-corrected chi connectivity index (χ0v) is 9.10. The summed E-state index contributed by atoms with van der Waals surface area (Å²) in [6.45, 7) is 1.83. The normalized spacial score (nSPS) is 19.7. The van der Waals surface area contributed by atoms with E-state index in [4.69, 9.17) is 4.74 Å². The van der Waals surface area contributed by atoms with Crippen LogP contribution in [0.1, 0.15) is 0 Å². The van der Waals surface area contributed by atoms with Gasteiger partial charge in [0.2, 0.25) is 0 Å². The molecule has 0 N–H and O–H groups in total. The van der Waals surface area contributed by atoms with Gasteiger partial charge in [-0.3, -0.25) is 0 Å². The van der Waals surface area contributed by atoms with E-state index in [1.54, 1.807) is 11.4 Å². The summed E-state index contributed by atoms with van der Waals surface area (Å²) in [6, 6.07) is 4.35. The van der Waals surface area contributed by atoms with E-state index < -0.39 is 10.0 Å². The molecule has 2 rings (SSSR count). The Balaban J connectivity index is 2.23. The summed E-state index contributed by atoms with van der Waals surface area (Å²) in [5.74, 6) is 0. The lowest BCUT2D eigenvalue weighted by atomic mass is 10.5. The standard InChI is InChI=1S/C8H10NO3S2/c10-14(11,8-2-1-7-13-8)9-3-5-12-6-4-9/h1,7H,3-6H2. The van der Waals surface area contributed by atoms with E-state index >= 15 is 0 Å². The number of sulfonamides is 1. The van der Waals surface area contributed by atoms with E-state index in [-0.39, 0.29) is 0 Å². The molecule has 77 valence electrons. The molecule has 0 aromatic carbocycles. The van der Waals surface area contributed by atoms with E-state index in [1.165, 1.54) is 15.6 Å². The molecular weight excluding hydrogens is 222 g/mol. The van der Waals surface area contributed by atoms with Crippen LogP contribution < -0.4 is 0 Å². The number of thiophene rings is 1. The first-order chi connectivity index (χ1) is 6.71. The molecule has 0 spiro atoms. The quantitative estimate of drug-likeness (QED) is 0.749. The maximum Gasteiger partial charge on any atom is 0.253 e. The lowest BCUT2D eigenvalue weighted by Gasteiger charge is -2.25. The molecular formula is C8H10NO3S2. The van der Waals surface area contributed by atoms with Crippen LogP contribution in [-0.4, -0.2) is 39.0 Å². The molecule has 14 heavy (non-hydrogen) atoms. The molecule has 1 saturated heterocycles. The van der Waals surface area contributed by atoms with Crippen LogP contribution in [0.25, 0.3) is 0 Å². The van der Waals surface area contributed by atoms with Crippen LogP contribution >= 0.6 is 11.3 Å². The van der Waals surface area contributed by atoms with Crippen LogP contribution in [0.2, 0.25) is 0 Å². The first-order valence-electron chi connectivity index (χ1n) is 4.24. The third-order valence-corrected chi connectivity index (χ3v) is 5.14. The molecule has 2 heterocycles. The molecule has 6 heteroatoms. The van der Waals surface area contributed by atoms with Crippen molar-refractivity contribution in [1.82, 2.24) is 4.31 Å². The molecule has 0 saturated carbocycles. The van der Waals surface area contributed by atoms with E-state index in [1.807, 2.05) is 0 Å². The average molecular weight is 232 g/mol. The second kappa shape index (κ2) is 3.98. The van der Waals surface area contributed by atoms with Crippen molar-refractivity contribution in [3.8, 4) is 0 Å². The molecule has 0 amide bonds. The van der Waals surface area contributed by atoms with Crippen molar-refractivity contribution in [1.29, 1.82) is 0 Å². The van der Waals surface area contributed by atoms with Gasteiger partial charge < -0.3 is 4.74 Å². The molecule has 1 aliphatic heterocycles. The Morgan fingerprint density at radius 2 is 2.14 bits per heavy atom.